The minimum atomic E-state index is 0.543. The molecule has 10 heteroatoms. The van der Waals surface area contributed by atoms with Crippen LogP contribution in [0.25, 0.3) is 27.1 Å². The molecule has 9 nitrogen and oxygen atoms in total. The molecule has 5 aromatic rings. The van der Waals surface area contributed by atoms with Gasteiger partial charge in [-0.05, 0) is 37.6 Å². The molecule has 5 aromatic heterocycles. The van der Waals surface area contributed by atoms with Crippen molar-refractivity contribution in [2.45, 2.75) is 20.4 Å². The predicted molar refractivity (Wildman–Crippen MR) is 152 cm³/mol. The molecule has 0 aromatic carbocycles. The Labute approximate surface area is 231 Å². The molecule has 6 rings (SSSR count). The van der Waals surface area contributed by atoms with Gasteiger partial charge in [-0.1, -0.05) is 6.07 Å². The van der Waals surface area contributed by atoms with Crippen molar-refractivity contribution in [1.29, 1.82) is 5.26 Å². The zero-order chi connectivity index (χ0) is 26.9. The van der Waals surface area contributed by atoms with Crippen LogP contribution in [-0.4, -0.2) is 62.8 Å². The van der Waals surface area contributed by atoms with Crippen LogP contribution in [0.1, 0.15) is 21.8 Å². The maximum Gasteiger partial charge on any atom is 0.212 e. The highest BCUT2D eigenvalue weighted by Gasteiger charge is 2.20. The summed E-state index contributed by atoms with van der Waals surface area (Å²) in [5.41, 5.74) is 6.42. The van der Waals surface area contributed by atoms with Gasteiger partial charge in [-0.15, -0.1) is 11.3 Å². The van der Waals surface area contributed by atoms with Gasteiger partial charge in [-0.25, -0.2) is 19.5 Å². The summed E-state index contributed by atoms with van der Waals surface area (Å²) >= 11 is 1.66. The van der Waals surface area contributed by atoms with E-state index in [1.807, 2.05) is 38.5 Å². The highest BCUT2D eigenvalue weighted by Crippen LogP contribution is 2.36. The third kappa shape index (κ3) is 4.94. The van der Waals surface area contributed by atoms with Crippen LogP contribution in [0.2, 0.25) is 0 Å². The van der Waals surface area contributed by atoms with E-state index >= 15 is 0 Å². The molecule has 1 saturated heterocycles. The topological polar surface area (TPSA) is 95.5 Å². The maximum absolute atomic E-state index is 9.74. The van der Waals surface area contributed by atoms with Crippen molar-refractivity contribution in [3.8, 4) is 33.5 Å². The Kier molecular flexibility index (Phi) is 6.69. The molecule has 39 heavy (non-hydrogen) atoms. The first-order chi connectivity index (χ1) is 19.0. The third-order valence-corrected chi connectivity index (χ3v) is 8.19. The number of fused-ring (bicyclic) bond motifs is 1. The number of ether oxygens (including phenoxy) is 1. The number of anilines is 1. The average Bonchev–Trinajstić information content (AvgIpc) is 3.55. The van der Waals surface area contributed by atoms with E-state index in [9.17, 15) is 5.26 Å². The van der Waals surface area contributed by atoms with Gasteiger partial charge in [0.1, 0.15) is 11.9 Å². The lowest BCUT2D eigenvalue weighted by atomic mass is 10.0. The first-order valence-corrected chi connectivity index (χ1v) is 13.6. The van der Waals surface area contributed by atoms with Gasteiger partial charge in [0.2, 0.25) is 5.88 Å². The zero-order valence-electron chi connectivity index (χ0n) is 22.1. The van der Waals surface area contributed by atoms with Crippen LogP contribution in [0, 0.1) is 25.2 Å². The van der Waals surface area contributed by atoms with E-state index in [1.165, 1.54) is 5.56 Å². The fourth-order valence-corrected chi connectivity index (χ4v) is 6.00. The molecule has 1 fully saturated rings. The van der Waals surface area contributed by atoms with E-state index in [1.54, 1.807) is 29.2 Å². The van der Waals surface area contributed by atoms with Crippen molar-refractivity contribution < 1.29 is 4.74 Å². The van der Waals surface area contributed by atoms with Crippen LogP contribution in [0.4, 0.5) is 5.82 Å². The van der Waals surface area contributed by atoms with Crippen molar-refractivity contribution in [3.05, 3.63) is 76.9 Å². The van der Waals surface area contributed by atoms with Crippen LogP contribution in [0.5, 0.6) is 5.88 Å². The van der Waals surface area contributed by atoms with Crippen molar-refractivity contribution in [1.82, 2.24) is 29.5 Å². The number of aryl methyl sites for hydroxylation is 2. The van der Waals surface area contributed by atoms with Crippen LogP contribution in [0.3, 0.4) is 0 Å². The molecule has 196 valence electrons. The molecule has 0 bridgehead atoms. The van der Waals surface area contributed by atoms with Gasteiger partial charge in [0, 0.05) is 74.1 Å². The number of hydrogen-bond acceptors (Lipinski definition) is 9. The first kappa shape index (κ1) is 25.0. The fourth-order valence-electron chi connectivity index (χ4n) is 5.10. The highest BCUT2D eigenvalue weighted by atomic mass is 32.1. The number of rotatable bonds is 6. The van der Waals surface area contributed by atoms with Gasteiger partial charge in [0.15, 0.2) is 0 Å². The molecule has 0 radical (unpaired) electrons. The zero-order valence-corrected chi connectivity index (χ0v) is 22.9. The summed E-state index contributed by atoms with van der Waals surface area (Å²) < 4.78 is 6.95. The van der Waals surface area contributed by atoms with Gasteiger partial charge >= 0.3 is 0 Å². The van der Waals surface area contributed by atoms with Crippen molar-refractivity contribution in [2.24, 2.45) is 0 Å². The van der Waals surface area contributed by atoms with Gasteiger partial charge < -0.3 is 9.64 Å². The van der Waals surface area contributed by atoms with Crippen molar-refractivity contribution in [2.75, 3.05) is 38.2 Å². The Morgan fingerprint density at radius 2 is 1.85 bits per heavy atom. The second kappa shape index (κ2) is 10.4. The highest BCUT2D eigenvalue weighted by molar-refractivity contribution is 7.15. The summed E-state index contributed by atoms with van der Waals surface area (Å²) in [6.07, 6.45) is 7.38. The number of methoxy groups -OCH3 is 1. The summed E-state index contributed by atoms with van der Waals surface area (Å²) in [5, 5.41) is 15.2. The van der Waals surface area contributed by atoms with Gasteiger partial charge in [0.05, 0.1) is 40.0 Å². The van der Waals surface area contributed by atoms with E-state index in [0.717, 1.165) is 76.3 Å². The Morgan fingerprint density at radius 3 is 2.49 bits per heavy atom. The Hall–Kier alpha value is -4.33. The number of aromatic nitrogens is 5. The molecule has 0 saturated carbocycles. The lowest BCUT2D eigenvalue weighted by molar-refractivity contribution is 0.249. The predicted octanol–water partition coefficient (Wildman–Crippen LogP) is 4.73. The number of nitrogens with zero attached hydrogens (tertiary/aromatic N) is 8. The van der Waals surface area contributed by atoms with E-state index in [0.29, 0.717) is 11.4 Å². The molecule has 0 unspecified atom stereocenters. The summed E-state index contributed by atoms with van der Waals surface area (Å²) in [5.74, 6) is 1.59. The van der Waals surface area contributed by atoms with E-state index in [2.05, 4.69) is 55.2 Å². The molecular formula is C29H28N8OS. The van der Waals surface area contributed by atoms with Crippen molar-refractivity contribution in [3.63, 3.8) is 0 Å². The van der Waals surface area contributed by atoms with E-state index in [4.69, 9.17) is 9.72 Å². The number of pyridine rings is 3. The van der Waals surface area contributed by atoms with Gasteiger partial charge in [0.25, 0.3) is 0 Å². The molecule has 1 aliphatic rings. The summed E-state index contributed by atoms with van der Waals surface area (Å²) in [6, 6.07) is 12.6. The lowest BCUT2D eigenvalue weighted by Gasteiger charge is -2.35. The minimum absolute atomic E-state index is 0.543. The quantitative estimate of drug-likeness (QED) is 0.307. The van der Waals surface area contributed by atoms with E-state index < -0.39 is 0 Å². The smallest absolute Gasteiger partial charge is 0.212 e. The Balaban J connectivity index is 1.22. The van der Waals surface area contributed by atoms with Crippen LogP contribution < -0.4 is 9.64 Å². The van der Waals surface area contributed by atoms with E-state index in [-0.39, 0.29) is 0 Å². The Morgan fingerprint density at radius 1 is 1.00 bits per heavy atom. The lowest BCUT2D eigenvalue weighted by Crippen LogP contribution is -2.46. The molecule has 0 amide bonds. The molecule has 0 aliphatic carbocycles. The Bertz CT molecular complexity index is 1660. The van der Waals surface area contributed by atoms with Gasteiger partial charge in [-0.3, -0.25) is 4.90 Å². The largest absolute Gasteiger partial charge is 0.481 e. The molecule has 6 heterocycles. The third-order valence-electron chi connectivity index (χ3n) is 7.07. The summed E-state index contributed by atoms with van der Waals surface area (Å²) in [7, 11) is 1.63. The van der Waals surface area contributed by atoms with Crippen molar-refractivity contribution >= 4 is 22.7 Å². The molecular weight excluding hydrogens is 508 g/mol. The number of piperazine rings is 1. The summed E-state index contributed by atoms with van der Waals surface area (Å²) in [4.78, 5) is 19.6. The number of hydrogen-bond donors (Lipinski definition) is 0. The average molecular weight is 537 g/mol. The normalized spacial score (nSPS) is 14.1. The van der Waals surface area contributed by atoms with Crippen LogP contribution >= 0.6 is 11.3 Å². The van der Waals surface area contributed by atoms with Crippen LogP contribution in [0.15, 0.2) is 55.1 Å². The molecule has 0 N–H and O–H groups in total. The standard InChI is InChI=1S/C29H28N8OS/c1-19-29(39-20(2)34-19)23-12-25(28-24(13-30)16-33-37(28)18-23)22-5-6-26(31-15-22)36-10-8-35(9-11-36)17-21-4-7-27(38-3)32-14-21/h4-7,12,14-16,18H,8-11,17H2,1-3H3. The monoisotopic (exact) mass is 536 g/mol. The van der Waals surface area contributed by atoms with Gasteiger partial charge in [-0.2, -0.15) is 10.4 Å². The maximum atomic E-state index is 9.74. The SMILES string of the molecule is COc1ccc(CN2CCN(c3ccc(-c4cc(-c5sc(C)nc5C)cn5ncc(C#N)c45)cn3)CC2)cn1. The molecule has 0 spiro atoms. The fraction of sp³-hybridized carbons (Fsp3) is 0.276. The first-order valence-electron chi connectivity index (χ1n) is 12.8. The minimum Gasteiger partial charge on any atom is -0.481 e. The van der Waals surface area contributed by atoms with Crippen LogP contribution in [-0.2, 0) is 6.54 Å². The number of nitriles is 1. The molecule has 0 atom stereocenters. The summed E-state index contributed by atoms with van der Waals surface area (Å²) in [6.45, 7) is 8.62. The second-order valence-corrected chi connectivity index (χ2v) is 10.8. The second-order valence-electron chi connectivity index (χ2n) is 9.63. The molecule has 1 aliphatic heterocycles. The number of thiazole rings is 1.